The molecule has 0 saturated carbocycles. The van der Waals surface area contributed by atoms with E-state index in [0.29, 0.717) is 0 Å². The van der Waals surface area contributed by atoms with Gasteiger partial charge < -0.3 is 9.47 Å². The molecule has 0 amide bonds. The molecule has 2 nitrogen and oxygen atoms in total. The van der Waals surface area contributed by atoms with E-state index >= 15 is 0 Å². The fraction of sp³-hybridized carbons (Fsp3) is 0.455. The van der Waals surface area contributed by atoms with Crippen LogP contribution in [-0.2, 0) is 9.47 Å². The normalized spacial score (nSPS) is 13.4. The van der Waals surface area contributed by atoms with Crippen LogP contribution in [0.3, 0.4) is 0 Å². The van der Waals surface area contributed by atoms with Crippen molar-refractivity contribution in [3.05, 3.63) is 35.8 Å². The predicted octanol–water partition coefficient (Wildman–Crippen LogP) is 3.03. The van der Waals surface area contributed by atoms with Gasteiger partial charge in [0.25, 0.3) is 0 Å². The van der Waals surface area contributed by atoms with Crippen LogP contribution < -0.4 is 0 Å². The molecule has 0 fully saturated rings. The number of ether oxygens (including phenoxy) is 2. The van der Waals surface area contributed by atoms with Gasteiger partial charge in [0.1, 0.15) is 5.76 Å². The highest BCUT2D eigenvalue weighted by Crippen LogP contribution is 2.12. The van der Waals surface area contributed by atoms with E-state index in [1.807, 2.05) is 19.9 Å². The van der Waals surface area contributed by atoms with E-state index in [0.717, 1.165) is 23.5 Å². The van der Waals surface area contributed by atoms with Gasteiger partial charge in [0.2, 0.25) is 0 Å². The van der Waals surface area contributed by atoms with Crippen molar-refractivity contribution in [3.63, 3.8) is 0 Å². The Balaban J connectivity index is 4.79. The van der Waals surface area contributed by atoms with E-state index in [2.05, 4.69) is 6.58 Å². The van der Waals surface area contributed by atoms with Crippen molar-refractivity contribution in [2.75, 3.05) is 14.2 Å². The average molecular weight is 182 g/mol. The Morgan fingerprint density at radius 3 is 2.23 bits per heavy atom. The molecular formula is C11H18O2. The maximum Gasteiger partial charge on any atom is 0.125 e. The van der Waals surface area contributed by atoms with E-state index < -0.39 is 0 Å². The monoisotopic (exact) mass is 182 g/mol. The third-order valence-electron chi connectivity index (χ3n) is 1.82. The van der Waals surface area contributed by atoms with Gasteiger partial charge in [-0.1, -0.05) is 19.6 Å². The summed E-state index contributed by atoms with van der Waals surface area (Å²) < 4.78 is 10.3. The zero-order chi connectivity index (χ0) is 10.3. The highest BCUT2D eigenvalue weighted by Gasteiger charge is 1.99. The van der Waals surface area contributed by atoms with Crippen LogP contribution >= 0.6 is 0 Å². The predicted molar refractivity (Wildman–Crippen MR) is 55.3 cm³/mol. The molecule has 0 aliphatic carbocycles. The number of allylic oxidation sites excluding steroid dienone is 4. The first-order valence-corrected chi connectivity index (χ1v) is 4.31. The molecule has 0 unspecified atom stereocenters. The molecule has 0 rings (SSSR count). The summed E-state index contributed by atoms with van der Waals surface area (Å²) in [5, 5.41) is 0. The second kappa shape index (κ2) is 6.35. The highest BCUT2D eigenvalue weighted by atomic mass is 16.5. The Kier molecular flexibility index (Phi) is 5.77. The lowest BCUT2D eigenvalue weighted by Crippen LogP contribution is -1.91. The molecule has 0 atom stereocenters. The fourth-order valence-electron chi connectivity index (χ4n) is 0.886. The maximum absolute atomic E-state index is 5.19. The van der Waals surface area contributed by atoms with Gasteiger partial charge in [-0.25, -0.2) is 0 Å². The summed E-state index contributed by atoms with van der Waals surface area (Å²) in [5.41, 5.74) is 1.01. The van der Waals surface area contributed by atoms with Crippen molar-refractivity contribution in [1.82, 2.24) is 0 Å². The van der Waals surface area contributed by atoms with Gasteiger partial charge in [-0.15, -0.1) is 0 Å². The molecule has 0 aromatic heterocycles. The van der Waals surface area contributed by atoms with Crippen LogP contribution in [0.4, 0.5) is 0 Å². The topological polar surface area (TPSA) is 18.5 Å². The molecular weight excluding hydrogens is 164 g/mol. The fourth-order valence-corrected chi connectivity index (χ4v) is 0.886. The van der Waals surface area contributed by atoms with Crippen molar-refractivity contribution in [3.8, 4) is 0 Å². The van der Waals surface area contributed by atoms with Crippen molar-refractivity contribution >= 4 is 0 Å². The lowest BCUT2D eigenvalue weighted by atomic mass is 10.2. The largest absolute Gasteiger partial charge is 0.501 e. The van der Waals surface area contributed by atoms with E-state index in [1.165, 1.54) is 0 Å². The van der Waals surface area contributed by atoms with Crippen LogP contribution in [0.5, 0.6) is 0 Å². The van der Waals surface area contributed by atoms with Gasteiger partial charge in [0, 0.05) is 12.5 Å². The molecule has 0 aromatic carbocycles. The Bertz CT molecular complexity index is 218. The zero-order valence-corrected chi connectivity index (χ0v) is 8.89. The smallest absolute Gasteiger partial charge is 0.125 e. The van der Waals surface area contributed by atoms with Crippen LogP contribution in [0.25, 0.3) is 0 Å². The summed E-state index contributed by atoms with van der Waals surface area (Å²) in [6.07, 6.45) is 4.50. The average Bonchev–Trinajstić information content (AvgIpc) is 2.19. The van der Waals surface area contributed by atoms with Crippen molar-refractivity contribution < 1.29 is 9.47 Å². The van der Waals surface area contributed by atoms with Gasteiger partial charge >= 0.3 is 0 Å². The second-order valence-corrected chi connectivity index (χ2v) is 2.62. The summed E-state index contributed by atoms with van der Waals surface area (Å²) in [4.78, 5) is 0. The van der Waals surface area contributed by atoms with Gasteiger partial charge in [0.05, 0.1) is 20.0 Å². The summed E-state index contributed by atoms with van der Waals surface area (Å²) in [6.45, 7) is 7.66. The van der Waals surface area contributed by atoms with Gasteiger partial charge in [-0.2, -0.15) is 0 Å². The van der Waals surface area contributed by atoms with Gasteiger partial charge in [-0.3, -0.25) is 0 Å². The molecule has 13 heavy (non-hydrogen) atoms. The number of hydrogen-bond acceptors (Lipinski definition) is 2. The zero-order valence-electron chi connectivity index (χ0n) is 8.89. The van der Waals surface area contributed by atoms with Gasteiger partial charge in [-0.05, 0) is 12.5 Å². The minimum atomic E-state index is 0.800. The molecule has 0 radical (unpaired) electrons. The van der Waals surface area contributed by atoms with Crippen LogP contribution in [0.15, 0.2) is 35.8 Å². The van der Waals surface area contributed by atoms with Crippen LogP contribution in [0.2, 0.25) is 0 Å². The summed E-state index contributed by atoms with van der Waals surface area (Å²) in [6, 6.07) is 0. The molecule has 0 bridgehead atoms. The van der Waals surface area contributed by atoms with Gasteiger partial charge in [0.15, 0.2) is 0 Å². The molecule has 0 N–H and O–H groups in total. The molecule has 0 aromatic rings. The summed E-state index contributed by atoms with van der Waals surface area (Å²) in [7, 11) is 3.30. The standard InChI is InChI=1S/C11H18O2/c1-6-9(3)11(13-5)8-10(7-2)12-4/h6,8H,1,7H2,2-5H3/b10-8+,11-9+. The number of hydrogen-bond donors (Lipinski definition) is 0. The highest BCUT2D eigenvalue weighted by molar-refractivity contribution is 5.27. The molecule has 0 aliphatic heterocycles. The lowest BCUT2D eigenvalue weighted by Gasteiger charge is -2.07. The Hall–Kier alpha value is -1.18. The molecule has 0 spiro atoms. The van der Waals surface area contributed by atoms with E-state index in [1.54, 1.807) is 20.3 Å². The van der Waals surface area contributed by atoms with E-state index in [-0.39, 0.29) is 0 Å². The quantitative estimate of drug-likeness (QED) is 0.480. The second-order valence-electron chi connectivity index (χ2n) is 2.62. The molecule has 0 saturated heterocycles. The summed E-state index contributed by atoms with van der Waals surface area (Å²) >= 11 is 0. The third kappa shape index (κ3) is 3.83. The maximum atomic E-state index is 5.19. The van der Waals surface area contributed by atoms with Crippen molar-refractivity contribution in [2.24, 2.45) is 0 Å². The van der Waals surface area contributed by atoms with E-state index in [4.69, 9.17) is 9.47 Å². The minimum Gasteiger partial charge on any atom is -0.501 e. The first-order valence-electron chi connectivity index (χ1n) is 4.31. The molecule has 0 aliphatic rings. The third-order valence-corrected chi connectivity index (χ3v) is 1.82. The van der Waals surface area contributed by atoms with Crippen molar-refractivity contribution in [1.29, 1.82) is 0 Å². The Morgan fingerprint density at radius 1 is 1.31 bits per heavy atom. The van der Waals surface area contributed by atoms with E-state index in [9.17, 15) is 0 Å². The Morgan fingerprint density at radius 2 is 1.92 bits per heavy atom. The van der Waals surface area contributed by atoms with Crippen LogP contribution in [-0.4, -0.2) is 14.2 Å². The summed E-state index contributed by atoms with van der Waals surface area (Å²) in [5.74, 6) is 1.70. The molecule has 74 valence electrons. The SMILES string of the molecule is C=C/C(C)=C(\C=C(/CC)OC)OC. The molecule has 0 heterocycles. The number of methoxy groups -OCH3 is 2. The Labute approximate surface area is 80.5 Å². The lowest BCUT2D eigenvalue weighted by molar-refractivity contribution is 0.266. The molecule has 2 heteroatoms. The first-order chi connectivity index (χ1) is 6.19. The van der Waals surface area contributed by atoms with Crippen molar-refractivity contribution in [2.45, 2.75) is 20.3 Å². The number of rotatable bonds is 5. The minimum absolute atomic E-state index is 0.800. The van der Waals surface area contributed by atoms with Crippen LogP contribution in [0.1, 0.15) is 20.3 Å². The van der Waals surface area contributed by atoms with Crippen LogP contribution in [0, 0.1) is 0 Å². The first kappa shape index (κ1) is 11.8.